The van der Waals surface area contributed by atoms with Crippen LogP contribution in [-0.2, 0) is 11.0 Å². The summed E-state index contributed by atoms with van der Waals surface area (Å²) in [6.07, 6.45) is -2.91. The molecule has 0 atom stereocenters. The van der Waals surface area contributed by atoms with Gasteiger partial charge < -0.3 is 9.69 Å². The standard InChI is InChI=1S/C14H17F3N2O/c15-14(16,17)12-3-1-4-13(11-12)19-8-6-18(7-9-19)5-2-10-20/h1,3-4,10-11H,2,5-9H2. The number of carbonyl (C=O) groups is 1. The van der Waals surface area contributed by atoms with Crippen LogP contribution in [0.1, 0.15) is 12.0 Å². The summed E-state index contributed by atoms with van der Waals surface area (Å²) in [6, 6.07) is 5.43. The van der Waals surface area contributed by atoms with Gasteiger partial charge in [0.15, 0.2) is 0 Å². The molecular formula is C14H17F3N2O. The maximum absolute atomic E-state index is 12.7. The molecule has 0 spiro atoms. The van der Waals surface area contributed by atoms with E-state index in [0.29, 0.717) is 25.2 Å². The van der Waals surface area contributed by atoms with Crippen LogP contribution < -0.4 is 4.90 Å². The van der Waals surface area contributed by atoms with Crippen molar-refractivity contribution in [2.75, 3.05) is 37.6 Å². The van der Waals surface area contributed by atoms with Gasteiger partial charge in [-0.1, -0.05) is 6.07 Å². The molecule has 0 N–H and O–H groups in total. The van der Waals surface area contributed by atoms with E-state index in [1.165, 1.54) is 12.1 Å². The van der Waals surface area contributed by atoms with E-state index in [-0.39, 0.29) is 0 Å². The summed E-state index contributed by atoms with van der Waals surface area (Å²) in [5.41, 5.74) is -0.00625. The van der Waals surface area contributed by atoms with Crippen molar-refractivity contribution in [2.45, 2.75) is 12.6 Å². The smallest absolute Gasteiger partial charge is 0.369 e. The number of carbonyl (C=O) groups excluding carboxylic acids is 1. The molecule has 0 bridgehead atoms. The number of nitrogens with zero attached hydrogens (tertiary/aromatic N) is 2. The van der Waals surface area contributed by atoms with Crippen LogP contribution in [0.4, 0.5) is 18.9 Å². The fourth-order valence-electron chi connectivity index (χ4n) is 2.34. The lowest BCUT2D eigenvalue weighted by Gasteiger charge is -2.36. The van der Waals surface area contributed by atoms with E-state index in [9.17, 15) is 18.0 Å². The summed E-state index contributed by atoms with van der Waals surface area (Å²) >= 11 is 0. The monoisotopic (exact) mass is 286 g/mol. The molecule has 0 aromatic heterocycles. The highest BCUT2D eigenvalue weighted by molar-refractivity contribution is 5.50. The summed E-state index contributed by atoms with van der Waals surface area (Å²) in [7, 11) is 0. The maximum atomic E-state index is 12.7. The number of anilines is 1. The van der Waals surface area contributed by atoms with Crippen molar-refractivity contribution in [1.82, 2.24) is 4.90 Å². The van der Waals surface area contributed by atoms with Gasteiger partial charge in [-0.05, 0) is 18.2 Å². The van der Waals surface area contributed by atoms with Crippen LogP contribution >= 0.6 is 0 Å². The maximum Gasteiger partial charge on any atom is 0.416 e. The third-order valence-corrected chi connectivity index (χ3v) is 3.47. The topological polar surface area (TPSA) is 23.6 Å². The van der Waals surface area contributed by atoms with E-state index in [0.717, 1.165) is 32.0 Å². The van der Waals surface area contributed by atoms with Gasteiger partial charge >= 0.3 is 6.18 Å². The number of hydrogen-bond donors (Lipinski definition) is 0. The quantitative estimate of drug-likeness (QED) is 0.794. The van der Waals surface area contributed by atoms with Gasteiger partial charge in [0.05, 0.1) is 5.56 Å². The number of alkyl halides is 3. The molecule has 0 aliphatic carbocycles. The third-order valence-electron chi connectivity index (χ3n) is 3.47. The molecule has 0 amide bonds. The molecule has 1 saturated heterocycles. The highest BCUT2D eigenvalue weighted by Crippen LogP contribution is 2.31. The second kappa shape index (κ2) is 6.26. The van der Waals surface area contributed by atoms with Gasteiger partial charge in [0.25, 0.3) is 0 Å². The SMILES string of the molecule is O=CCCN1CCN(c2cccc(C(F)(F)F)c2)CC1. The Morgan fingerprint density at radius 3 is 2.45 bits per heavy atom. The lowest BCUT2D eigenvalue weighted by molar-refractivity contribution is -0.137. The van der Waals surface area contributed by atoms with E-state index in [1.807, 2.05) is 4.90 Å². The van der Waals surface area contributed by atoms with E-state index >= 15 is 0 Å². The Morgan fingerprint density at radius 2 is 1.85 bits per heavy atom. The van der Waals surface area contributed by atoms with E-state index in [1.54, 1.807) is 6.07 Å². The van der Waals surface area contributed by atoms with E-state index < -0.39 is 11.7 Å². The van der Waals surface area contributed by atoms with Gasteiger partial charge in [-0.25, -0.2) is 0 Å². The van der Waals surface area contributed by atoms with Crippen LogP contribution in [0, 0.1) is 0 Å². The summed E-state index contributed by atoms with van der Waals surface area (Å²) in [5.74, 6) is 0. The van der Waals surface area contributed by atoms with Gasteiger partial charge in [0.2, 0.25) is 0 Å². The molecule has 0 unspecified atom stereocenters. The zero-order valence-electron chi connectivity index (χ0n) is 11.1. The molecule has 1 fully saturated rings. The summed E-state index contributed by atoms with van der Waals surface area (Å²) in [6.45, 7) is 3.62. The number of halogens is 3. The van der Waals surface area contributed by atoms with E-state index in [4.69, 9.17) is 0 Å². The molecule has 20 heavy (non-hydrogen) atoms. The average Bonchev–Trinajstić information content (AvgIpc) is 2.45. The first-order valence-electron chi connectivity index (χ1n) is 6.59. The summed E-state index contributed by atoms with van der Waals surface area (Å²) < 4.78 is 38.0. The number of hydrogen-bond acceptors (Lipinski definition) is 3. The van der Waals surface area contributed by atoms with Crippen molar-refractivity contribution in [3.63, 3.8) is 0 Å². The molecule has 1 heterocycles. The minimum Gasteiger partial charge on any atom is -0.369 e. The number of rotatable bonds is 4. The average molecular weight is 286 g/mol. The lowest BCUT2D eigenvalue weighted by Crippen LogP contribution is -2.46. The van der Waals surface area contributed by atoms with Crippen molar-refractivity contribution in [1.29, 1.82) is 0 Å². The second-order valence-electron chi connectivity index (χ2n) is 4.83. The van der Waals surface area contributed by atoms with Gasteiger partial charge in [-0.2, -0.15) is 13.2 Å². The Labute approximate surface area is 116 Å². The number of benzene rings is 1. The zero-order valence-corrected chi connectivity index (χ0v) is 11.1. The van der Waals surface area contributed by atoms with Crippen LogP contribution in [0.5, 0.6) is 0 Å². The van der Waals surface area contributed by atoms with Crippen LogP contribution in [0.2, 0.25) is 0 Å². The number of aldehydes is 1. The van der Waals surface area contributed by atoms with Gasteiger partial charge in [0, 0.05) is 44.8 Å². The molecule has 1 aromatic carbocycles. The van der Waals surface area contributed by atoms with Gasteiger partial charge in [0.1, 0.15) is 6.29 Å². The molecule has 1 aliphatic heterocycles. The molecular weight excluding hydrogens is 269 g/mol. The lowest BCUT2D eigenvalue weighted by atomic mass is 10.1. The van der Waals surface area contributed by atoms with Crippen LogP contribution in [0.15, 0.2) is 24.3 Å². The largest absolute Gasteiger partial charge is 0.416 e. The summed E-state index contributed by atoms with van der Waals surface area (Å²) in [5, 5.41) is 0. The van der Waals surface area contributed by atoms with Crippen molar-refractivity contribution < 1.29 is 18.0 Å². The molecule has 0 radical (unpaired) electrons. The Hall–Kier alpha value is -1.56. The van der Waals surface area contributed by atoms with Gasteiger partial charge in [-0.3, -0.25) is 4.90 Å². The minimum atomic E-state index is -4.30. The Kier molecular flexibility index (Phi) is 4.65. The molecule has 1 aromatic rings. The first-order valence-corrected chi connectivity index (χ1v) is 6.59. The predicted octanol–water partition coefficient (Wildman–Crippen LogP) is 2.42. The zero-order chi connectivity index (χ0) is 14.6. The second-order valence-corrected chi connectivity index (χ2v) is 4.83. The Morgan fingerprint density at radius 1 is 1.15 bits per heavy atom. The third kappa shape index (κ3) is 3.72. The van der Waals surface area contributed by atoms with E-state index in [2.05, 4.69) is 4.90 Å². The summed E-state index contributed by atoms with van der Waals surface area (Å²) in [4.78, 5) is 14.4. The number of piperazine rings is 1. The normalized spacial score (nSPS) is 17.2. The molecule has 3 nitrogen and oxygen atoms in total. The Bertz CT molecular complexity index is 454. The minimum absolute atomic E-state index is 0.504. The Balaban J connectivity index is 1.98. The van der Waals surface area contributed by atoms with Crippen molar-refractivity contribution in [3.05, 3.63) is 29.8 Å². The predicted molar refractivity (Wildman–Crippen MR) is 70.8 cm³/mol. The first-order chi connectivity index (χ1) is 9.50. The van der Waals surface area contributed by atoms with Crippen molar-refractivity contribution in [3.8, 4) is 0 Å². The van der Waals surface area contributed by atoms with Crippen molar-refractivity contribution >= 4 is 12.0 Å². The van der Waals surface area contributed by atoms with Crippen LogP contribution in [0.3, 0.4) is 0 Å². The highest BCUT2D eigenvalue weighted by atomic mass is 19.4. The molecule has 110 valence electrons. The highest BCUT2D eigenvalue weighted by Gasteiger charge is 2.31. The molecule has 2 rings (SSSR count). The molecule has 0 saturated carbocycles. The fraction of sp³-hybridized carbons (Fsp3) is 0.500. The fourth-order valence-corrected chi connectivity index (χ4v) is 2.34. The van der Waals surface area contributed by atoms with Crippen LogP contribution in [0.25, 0.3) is 0 Å². The van der Waals surface area contributed by atoms with Crippen LogP contribution in [-0.4, -0.2) is 43.9 Å². The molecule has 6 heteroatoms. The molecule has 1 aliphatic rings. The van der Waals surface area contributed by atoms with Gasteiger partial charge in [-0.15, -0.1) is 0 Å². The van der Waals surface area contributed by atoms with Crippen molar-refractivity contribution in [2.24, 2.45) is 0 Å². The first kappa shape index (κ1) is 14.8.